The first-order chi connectivity index (χ1) is 19.8. The van der Waals surface area contributed by atoms with Crippen molar-refractivity contribution in [3.63, 3.8) is 0 Å². The molecule has 4 aromatic rings. The Labute approximate surface area is 301 Å². The van der Waals surface area contributed by atoms with Gasteiger partial charge in [0, 0.05) is 33.7 Å². The molecule has 0 radical (unpaired) electrons. The van der Waals surface area contributed by atoms with Crippen LogP contribution in [0.4, 0.5) is 0 Å². The highest BCUT2D eigenvalue weighted by atomic mass is 79.9. The maximum atomic E-state index is 11.4. The number of halogens is 6. The number of benzene rings is 4. The first-order valence-corrected chi connectivity index (χ1v) is 19.6. The Kier molecular flexibility index (Phi) is 20.7. The zero-order valence-corrected chi connectivity index (χ0v) is 32.5. The fourth-order valence-corrected chi connectivity index (χ4v) is 6.82. The Hall–Kier alpha value is -0.000000000000000333. The maximum absolute atomic E-state index is 11.4. The van der Waals surface area contributed by atoms with Crippen molar-refractivity contribution in [3.8, 4) is 0 Å². The molecule has 0 saturated carbocycles. The molecule has 0 aliphatic rings. The summed E-state index contributed by atoms with van der Waals surface area (Å²) in [4.78, 5) is 3.64. The van der Waals surface area contributed by atoms with Gasteiger partial charge in [0.2, 0.25) is 0 Å². The fourth-order valence-electron chi connectivity index (χ4n) is 2.77. The highest BCUT2D eigenvalue weighted by Gasteiger charge is 2.12. The first kappa shape index (κ1) is 40.0. The zero-order valence-electron chi connectivity index (χ0n) is 23.0. The second-order valence-electron chi connectivity index (χ2n) is 7.86. The van der Waals surface area contributed by atoms with E-state index in [-0.39, 0.29) is 10.6 Å². The third kappa shape index (κ3) is 16.4. The molecule has 228 valence electrons. The van der Waals surface area contributed by atoms with E-state index in [1.165, 1.54) is 21.9 Å². The van der Waals surface area contributed by atoms with Crippen LogP contribution in [-0.4, -0.2) is 25.7 Å². The summed E-state index contributed by atoms with van der Waals surface area (Å²) in [6.45, 7) is 5.86. The summed E-state index contributed by atoms with van der Waals surface area (Å²) in [6.07, 6.45) is 0. The predicted octanol–water partition coefficient (Wildman–Crippen LogP) is 13.2. The largest absolute Gasteiger partial charge is 0.224 e. The molecule has 42 heavy (non-hydrogen) atoms. The lowest BCUT2D eigenvalue weighted by molar-refractivity contribution is 0.597. The van der Waals surface area contributed by atoms with Crippen molar-refractivity contribution in [2.24, 2.45) is 0 Å². The highest BCUT2D eigenvalue weighted by molar-refractivity contribution is 9.10. The van der Waals surface area contributed by atoms with Gasteiger partial charge in [-0.3, -0.25) is 0 Å². The second kappa shape index (κ2) is 21.7. The maximum Gasteiger partial charge on any atom is 0.178 e. The van der Waals surface area contributed by atoms with Crippen molar-refractivity contribution in [1.82, 2.24) is 0 Å². The molecule has 0 bridgehead atoms. The van der Waals surface area contributed by atoms with Crippen LogP contribution in [0.15, 0.2) is 113 Å². The normalized spacial score (nSPS) is 10.3. The van der Waals surface area contributed by atoms with Gasteiger partial charge in [0.15, 0.2) is 9.84 Å². The van der Waals surface area contributed by atoms with E-state index < -0.39 is 9.84 Å². The van der Waals surface area contributed by atoms with E-state index >= 15 is 0 Å². The topological polar surface area (TPSA) is 34.1 Å². The first-order valence-electron chi connectivity index (χ1n) is 12.4. The molecule has 0 fully saturated rings. The van der Waals surface area contributed by atoms with E-state index in [0.717, 1.165) is 35.9 Å². The molecule has 0 heterocycles. The summed E-state index contributed by atoms with van der Waals surface area (Å²) in [5.74, 6) is 2.27. The van der Waals surface area contributed by atoms with Gasteiger partial charge in [0.1, 0.15) is 0 Å². The lowest BCUT2D eigenvalue weighted by Crippen LogP contribution is -2.03. The lowest BCUT2D eigenvalue weighted by atomic mass is 10.4. The number of sulfone groups is 1. The van der Waals surface area contributed by atoms with Gasteiger partial charge in [-0.1, -0.05) is 79.3 Å². The van der Waals surface area contributed by atoms with E-state index in [1.54, 1.807) is 42.6 Å². The zero-order chi connectivity index (χ0) is 31.7. The van der Waals surface area contributed by atoms with Crippen LogP contribution >= 0.6 is 114 Å². The van der Waals surface area contributed by atoms with Crippen molar-refractivity contribution in [3.05, 3.63) is 114 Å². The minimum absolute atomic E-state index is 0.0883. The van der Waals surface area contributed by atoms with Gasteiger partial charge in [0.25, 0.3) is 0 Å². The molecule has 0 saturated heterocycles. The molecule has 12 heteroatoms. The minimum atomic E-state index is -3.14. The molecule has 0 aliphatic heterocycles. The van der Waals surface area contributed by atoms with Crippen molar-refractivity contribution in [2.45, 2.75) is 40.4 Å². The second-order valence-corrected chi connectivity index (χ2v) is 16.7. The van der Waals surface area contributed by atoms with Crippen LogP contribution in [0.5, 0.6) is 0 Å². The van der Waals surface area contributed by atoms with Crippen LogP contribution in [0.1, 0.15) is 20.8 Å². The number of hydrogen-bond donors (Lipinski definition) is 1. The van der Waals surface area contributed by atoms with Gasteiger partial charge in [-0.05, 0) is 116 Å². The smallest absolute Gasteiger partial charge is 0.178 e. The van der Waals surface area contributed by atoms with E-state index in [1.807, 2.05) is 48.5 Å². The summed E-state index contributed by atoms with van der Waals surface area (Å²) in [5.41, 5.74) is 0. The van der Waals surface area contributed by atoms with Gasteiger partial charge in [0.05, 0.1) is 20.7 Å². The quantitative estimate of drug-likeness (QED) is 0.155. The third-order valence-corrected chi connectivity index (χ3v) is 11.4. The van der Waals surface area contributed by atoms with Crippen LogP contribution in [0.2, 0.25) is 20.1 Å². The summed E-state index contributed by atoms with van der Waals surface area (Å²) >= 11 is 37.2. The van der Waals surface area contributed by atoms with E-state index in [4.69, 9.17) is 46.4 Å². The minimum Gasteiger partial charge on any atom is -0.224 e. The summed E-state index contributed by atoms with van der Waals surface area (Å²) < 4.78 is 24.4. The lowest BCUT2D eigenvalue weighted by Gasteiger charge is -2.02. The van der Waals surface area contributed by atoms with Crippen LogP contribution in [-0.2, 0) is 9.84 Å². The number of rotatable bonds is 6. The SMILES string of the molecule is CCS(=O)(=O)c1ccc(Br)c(Cl)c1.CCSc1ccc(Br)c(Cl)c1.CCSc1cccc(Cl)c1.Sc1cccc(Cl)c1. The van der Waals surface area contributed by atoms with Gasteiger partial charge >= 0.3 is 0 Å². The Bertz CT molecular complexity index is 1490. The predicted molar refractivity (Wildman–Crippen MR) is 199 cm³/mol. The third-order valence-electron chi connectivity index (χ3n) is 4.75. The molecule has 0 spiro atoms. The highest BCUT2D eigenvalue weighted by Crippen LogP contribution is 2.28. The molecule has 0 amide bonds. The van der Waals surface area contributed by atoms with E-state index in [2.05, 4.69) is 70.5 Å². The van der Waals surface area contributed by atoms with Crippen LogP contribution < -0.4 is 0 Å². The van der Waals surface area contributed by atoms with Crippen LogP contribution in [0.25, 0.3) is 0 Å². The summed E-state index contributed by atoms with van der Waals surface area (Å²) in [6, 6.07) is 25.9. The monoisotopic (exact) mass is 848 g/mol. The van der Waals surface area contributed by atoms with Gasteiger partial charge in [-0.25, -0.2) is 8.42 Å². The Morgan fingerprint density at radius 2 is 1.17 bits per heavy atom. The van der Waals surface area contributed by atoms with Crippen LogP contribution in [0, 0.1) is 0 Å². The molecule has 4 aromatic carbocycles. The molecule has 4 rings (SSSR count). The summed E-state index contributed by atoms with van der Waals surface area (Å²) in [7, 11) is -3.14. The molecule has 0 unspecified atom stereocenters. The number of hydrogen-bond acceptors (Lipinski definition) is 5. The molecular formula is C30H30Br2Cl4O2S4. The molecule has 2 nitrogen and oxygen atoms in total. The molecule has 0 aliphatic carbocycles. The van der Waals surface area contributed by atoms with Crippen molar-refractivity contribution in [2.75, 3.05) is 17.3 Å². The van der Waals surface area contributed by atoms with Crippen molar-refractivity contribution in [1.29, 1.82) is 0 Å². The molecular weight excluding hydrogens is 822 g/mol. The van der Waals surface area contributed by atoms with E-state index in [0.29, 0.717) is 9.50 Å². The number of thioether (sulfide) groups is 2. The number of thiol groups is 1. The molecule has 0 aromatic heterocycles. The van der Waals surface area contributed by atoms with Gasteiger partial charge in [-0.15, -0.1) is 36.2 Å². The van der Waals surface area contributed by atoms with Gasteiger partial charge in [-0.2, -0.15) is 0 Å². The summed E-state index contributed by atoms with van der Waals surface area (Å²) in [5, 5.41) is 2.74. The Morgan fingerprint density at radius 1 is 0.667 bits per heavy atom. The Balaban J connectivity index is 0.000000284. The standard InChI is InChI=1S/C8H8BrClO2S.C8H8BrClS.C8H9ClS.C6H5ClS/c1-2-13(11,12)6-3-4-7(9)8(10)5-6;1-2-11-6-3-4-7(9)8(10)5-6;1-2-10-8-5-3-4-7(9)6-8;7-5-2-1-3-6(8)4-5/h3-5H,2H2,1H3;3-5H,2H2,1H3;3-6H,2H2,1H3;1-4,8H. The average Bonchev–Trinajstić information content (AvgIpc) is 2.94. The average molecular weight is 852 g/mol. The van der Waals surface area contributed by atoms with Gasteiger partial charge < -0.3 is 0 Å². The molecule has 0 atom stereocenters. The van der Waals surface area contributed by atoms with E-state index in [9.17, 15) is 8.42 Å². The molecule has 0 N–H and O–H groups in total. The fraction of sp³-hybridized carbons (Fsp3) is 0.200. The Morgan fingerprint density at radius 3 is 1.60 bits per heavy atom. The van der Waals surface area contributed by atoms with Crippen molar-refractivity contribution >= 4 is 124 Å². The van der Waals surface area contributed by atoms with Crippen molar-refractivity contribution < 1.29 is 8.42 Å². The van der Waals surface area contributed by atoms with Crippen LogP contribution in [0.3, 0.4) is 0 Å².